The first-order chi connectivity index (χ1) is 11.1. The maximum atomic E-state index is 11.2. The van der Waals surface area contributed by atoms with Gasteiger partial charge in [-0.2, -0.15) is 0 Å². The molecule has 0 saturated carbocycles. The zero-order chi connectivity index (χ0) is 16.4. The summed E-state index contributed by atoms with van der Waals surface area (Å²) >= 11 is 13.6. The molecule has 0 bridgehead atoms. The molecule has 1 amide bonds. The number of rotatable bonds is 5. The molecular weight excluding hydrogens is 361 g/mol. The van der Waals surface area contributed by atoms with Gasteiger partial charge in [-0.25, -0.2) is 10.5 Å². The number of hydrogen-bond acceptors (Lipinski definition) is 6. The van der Waals surface area contributed by atoms with Crippen LogP contribution in [0.25, 0.3) is 10.2 Å². The van der Waals surface area contributed by atoms with Crippen LogP contribution in [0.2, 0.25) is 10.0 Å². The van der Waals surface area contributed by atoms with Crippen LogP contribution in [0.4, 0.5) is 0 Å². The van der Waals surface area contributed by atoms with Crippen LogP contribution in [0, 0.1) is 0 Å². The Morgan fingerprint density at radius 3 is 2.83 bits per heavy atom. The summed E-state index contributed by atoms with van der Waals surface area (Å²) in [5.41, 5.74) is 2.39. The Labute approximate surface area is 145 Å². The Morgan fingerprint density at radius 1 is 1.26 bits per heavy atom. The molecular formula is C14H11Cl2N3O3S. The molecule has 120 valence electrons. The number of carbonyl (C=O) groups is 1. The van der Waals surface area contributed by atoms with E-state index in [9.17, 15) is 4.79 Å². The first-order valence-electron chi connectivity index (χ1n) is 6.71. The van der Waals surface area contributed by atoms with E-state index < -0.39 is 5.91 Å². The van der Waals surface area contributed by atoms with Crippen LogP contribution in [-0.4, -0.2) is 21.3 Å². The van der Waals surface area contributed by atoms with Gasteiger partial charge in [-0.05, 0) is 25.0 Å². The highest BCUT2D eigenvalue weighted by atomic mass is 35.5. The molecule has 0 aliphatic rings. The van der Waals surface area contributed by atoms with E-state index in [1.807, 2.05) is 6.07 Å². The fraction of sp³-hybridized carbons (Fsp3) is 0.214. The SMILES string of the molecule is O=C(NO)c1cc(CCCc2nc3cc(Cl)c(Cl)cc3s2)on1. The van der Waals surface area contributed by atoms with Gasteiger partial charge in [0, 0.05) is 12.5 Å². The van der Waals surface area contributed by atoms with Crippen molar-refractivity contribution in [3.8, 4) is 0 Å². The van der Waals surface area contributed by atoms with Crippen molar-refractivity contribution in [3.05, 3.63) is 44.7 Å². The predicted octanol–water partition coefficient (Wildman–Crippen LogP) is 3.89. The van der Waals surface area contributed by atoms with Crippen molar-refractivity contribution in [2.75, 3.05) is 0 Å². The lowest BCUT2D eigenvalue weighted by molar-refractivity contribution is 0.0696. The molecule has 0 unspecified atom stereocenters. The van der Waals surface area contributed by atoms with Crippen LogP contribution < -0.4 is 5.48 Å². The average Bonchev–Trinajstić information content (AvgIpc) is 3.14. The third-order valence-corrected chi connectivity index (χ3v) is 4.98. The fourth-order valence-electron chi connectivity index (χ4n) is 2.09. The van der Waals surface area contributed by atoms with Crippen molar-refractivity contribution in [2.24, 2.45) is 0 Å². The zero-order valence-corrected chi connectivity index (χ0v) is 14.0. The summed E-state index contributed by atoms with van der Waals surface area (Å²) in [7, 11) is 0. The van der Waals surface area contributed by atoms with E-state index in [-0.39, 0.29) is 5.69 Å². The van der Waals surface area contributed by atoms with Crippen LogP contribution in [0.1, 0.15) is 27.7 Å². The number of thiazole rings is 1. The second kappa shape index (κ2) is 6.84. The average molecular weight is 372 g/mol. The topological polar surface area (TPSA) is 88.2 Å². The summed E-state index contributed by atoms with van der Waals surface area (Å²) in [5.74, 6) is -0.115. The highest BCUT2D eigenvalue weighted by Crippen LogP contribution is 2.31. The van der Waals surface area contributed by atoms with E-state index in [0.717, 1.165) is 28.1 Å². The van der Waals surface area contributed by atoms with Crippen LogP contribution in [0.3, 0.4) is 0 Å². The van der Waals surface area contributed by atoms with Crippen molar-refractivity contribution in [1.82, 2.24) is 15.6 Å². The smallest absolute Gasteiger partial charge is 0.296 e. The number of halogens is 2. The summed E-state index contributed by atoms with van der Waals surface area (Å²) in [6.07, 6.45) is 2.16. The van der Waals surface area contributed by atoms with Crippen molar-refractivity contribution in [3.63, 3.8) is 0 Å². The number of hydroxylamine groups is 1. The summed E-state index contributed by atoms with van der Waals surface area (Å²) < 4.78 is 6.04. The van der Waals surface area contributed by atoms with E-state index in [1.165, 1.54) is 11.5 Å². The molecule has 0 fully saturated rings. The molecule has 3 rings (SSSR count). The molecule has 2 aromatic heterocycles. The number of benzene rings is 1. The van der Waals surface area contributed by atoms with Gasteiger partial charge in [0.05, 0.1) is 25.3 Å². The first kappa shape index (κ1) is 16.2. The largest absolute Gasteiger partial charge is 0.361 e. The monoisotopic (exact) mass is 371 g/mol. The van der Waals surface area contributed by atoms with Crippen molar-refractivity contribution in [1.29, 1.82) is 0 Å². The van der Waals surface area contributed by atoms with Crippen LogP contribution in [0.5, 0.6) is 0 Å². The lowest BCUT2D eigenvalue weighted by Crippen LogP contribution is -2.18. The number of aryl methyl sites for hydroxylation is 2. The minimum absolute atomic E-state index is 0.0479. The number of aromatic nitrogens is 2. The predicted molar refractivity (Wildman–Crippen MR) is 87.4 cm³/mol. The maximum absolute atomic E-state index is 11.2. The van der Waals surface area contributed by atoms with Crippen molar-refractivity contribution < 1.29 is 14.5 Å². The Kier molecular flexibility index (Phi) is 4.82. The first-order valence-corrected chi connectivity index (χ1v) is 8.28. The molecule has 0 saturated heterocycles. The summed E-state index contributed by atoms with van der Waals surface area (Å²) in [6, 6.07) is 5.08. The Bertz CT molecular complexity index is 823. The highest BCUT2D eigenvalue weighted by molar-refractivity contribution is 7.18. The molecule has 3 aromatic rings. The number of carbonyl (C=O) groups excluding carboxylic acids is 1. The number of amides is 1. The van der Waals surface area contributed by atoms with Crippen LogP contribution in [-0.2, 0) is 12.8 Å². The van der Waals surface area contributed by atoms with E-state index in [2.05, 4.69) is 10.1 Å². The van der Waals surface area contributed by atoms with Gasteiger partial charge in [-0.1, -0.05) is 28.4 Å². The zero-order valence-electron chi connectivity index (χ0n) is 11.7. The quantitative estimate of drug-likeness (QED) is 0.524. The van der Waals surface area contributed by atoms with Gasteiger partial charge in [0.15, 0.2) is 5.69 Å². The molecule has 0 radical (unpaired) electrons. The second-order valence-electron chi connectivity index (χ2n) is 4.81. The standard InChI is InChI=1S/C14H11Cl2N3O3S/c15-8-5-10-12(6-9(8)16)23-13(17-10)3-1-2-7-4-11(19-22-7)14(20)18-21/h4-6,21H,1-3H2,(H,18,20). The highest BCUT2D eigenvalue weighted by Gasteiger charge is 2.12. The minimum Gasteiger partial charge on any atom is -0.361 e. The Balaban J connectivity index is 1.62. The van der Waals surface area contributed by atoms with E-state index in [0.29, 0.717) is 22.2 Å². The Hall–Kier alpha value is -1.67. The van der Waals surface area contributed by atoms with Gasteiger partial charge >= 0.3 is 0 Å². The number of nitrogens with one attached hydrogen (secondary N) is 1. The third kappa shape index (κ3) is 3.64. The molecule has 0 aliphatic carbocycles. The van der Waals surface area contributed by atoms with Crippen LogP contribution in [0.15, 0.2) is 22.7 Å². The van der Waals surface area contributed by atoms with Gasteiger partial charge in [0.25, 0.3) is 5.91 Å². The molecule has 9 heteroatoms. The molecule has 2 heterocycles. The molecule has 1 aromatic carbocycles. The van der Waals surface area contributed by atoms with Gasteiger partial charge in [-0.15, -0.1) is 11.3 Å². The molecule has 0 spiro atoms. The lowest BCUT2D eigenvalue weighted by Gasteiger charge is -1.93. The number of nitrogens with zero attached hydrogens (tertiary/aromatic N) is 2. The molecule has 2 N–H and O–H groups in total. The summed E-state index contributed by atoms with van der Waals surface area (Å²) in [4.78, 5) is 15.7. The molecule has 6 nitrogen and oxygen atoms in total. The minimum atomic E-state index is -0.695. The fourth-order valence-corrected chi connectivity index (χ4v) is 3.50. The van der Waals surface area contributed by atoms with Gasteiger partial charge in [-0.3, -0.25) is 10.0 Å². The number of fused-ring (bicyclic) bond motifs is 1. The van der Waals surface area contributed by atoms with Gasteiger partial charge in [0.2, 0.25) is 0 Å². The van der Waals surface area contributed by atoms with Gasteiger partial charge in [0.1, 0.15) is 5.76 Å². The summed E-state index contributed by atoms with van der Waals surface area (Å²) in [5, 5.41) is 14.1. The third-order valence-electron chi connectivity index (χ3n) is 3.18. The molecule has 0 aliphatic heterocycles. The van der Waals surface area contributed by atoms with E-state index in [1.54, 1.807) is 17.4 Å². The van der Waals surface area contributed by atoms with E-state index in [4.69, 9.17) is 32.9 Å². The lowest BCUT2D eigenvalue weighted by atomic mass is 10.2. The van der Waals surface area contributed by atoms with E-state index >= 15 is 0 Å². The second-order valence-corrected chi connectivity index (χ2v) is 6.74. The van der Waals surface area contributed by atoms with Crippen molar-refractivity contribution >= 4 is 50.7 Å². The van der Waals surface area contributed by atoms with Crippen LogP contribution >= 0.6 is 34.5 Å². The van der Waals surface area contributed by atoms with Crippen molar-refractivity contribution in [2.45, 2.75) is 19.3 Å². The number of hydrogen-bond donors (Lipinski definition) is 2. The normalized spacial score (nSPS) is 11.1. The molecule has 0 atom stereocenters. The summed E-state index contributed by atoms with van der Waals surface area (Å²) in [6.45, 7) is 0. The van der Waals surface area contributed by atoms with Gasteiger partial charge < -0.3 is 4.52 Å². The Morgan fingerprint density at radius 2 is 2.04 bits per heavy atom. The molecule has 23 heavy (non-hydrogen) atoms. The maximum Gasteiger partial charge on any atom is 0.296 e.